The van der Waals surface area contributed by atoms with Gasteiger partial charge in [0.2, 0.25) is 0 Å². The minimum Gasteiger partial charge on any atom is -0.508 e. The summed E-state index contributed by atoms with van der Waals surface area (Å²) in [6.45, 7) is 4.61. The van der Waals surface area contributed by atoms with Crippen molar-refractivity contribution in [1.29, 1.82) is 0 Å². The number of hydrogen-bond donors (Lipinski definition) is 2. The number of phenolic OH excluding ortho intramolecular Hbond substituents is 2. The van der Waals surface area contributed by atoms with E-state index >= 15 is 0 Å². The Kier molecular flexibility index (Phi) is 9.77. The van der Waals surface area contributed by atoms with Gasteiger partial charge in [0, 0.05) is 6.07 Å². The van der Waals surface area contributed by atoms with Crippen molar-refractivity contribution >= 4 is 0 Å². The highest BCUT2D eigenvalue weighted by atomic mass is 16.3. The van der Waals surface area contributed by atoms with Crippen LogP contribution in [0.15, 0.2) is 18.2 Å². The molecule has 126 valence electrons. The lowest BCUT2D eigenvalue weighted by Crippen LogP contribution is -1.88. The van der Waals surface area contributed by atoms with E-state index in [0.717, 1.165) is 24.3 Å². The van der Waals surface area contributed by atoms with Crippen molar-refractivity contribution in [1.82, 2.24) is 0 Å². The third kappa shape index (κ3) is 8.96. The van der Waals surface area contributed by atoms with Crippen molar-refractivity contribution in [2.45, 2.75) is 84.5 Å². The predicted molar refractivity (Wildman–Crippen MR) is 94.5 cm³/mol. The molecule has 0 aromatic heterocycles. The van der Waals surface area contributed by atoms with E-state index in [-0.39, 0.29) is 11.5 Å². The second kappa shape index (κ2) is 11.4. The zero-order valence-electron chi connectivity index (χ0n) is 14.5. The van der Waals surface area contributed by atoms with Crippen molar-refractivity contribution in [3.05, 3.63) is 23.8 Å². The molecular weight excluding hydrogens is 272 g/mol. The van der Waals surface area contributed by atoms with Gasteiger partial charge >= 0.3 is 0 Å². The molecule has 1 aromatic carbocycles. The van der Waals surface area contributed by atoms with Gasteiger partial charge in [0.15, 0.2) is 0 Å². The van der Waals surface area contributed by atoms with Gasteiger partial charge < -0.3 is 10.2 Å². The summed E-state index contributed by atoms with van der Waals surface area (Å²) in [5.74, 6) is 1.21. The second-order valence-corrected chi connectivity index (χ2v) is 6.93. The molecule has 0 amide bonds. The van der Waals surface area contributed by atoms with Crippen LogP contribution in [0, 0.1) is 5.92 Å². The molecule has 22 heavy (non-hydrogen) atoms. The topological polar surface area (TPSA) is 40.5 Å². The van der Waals surface area contributed by atoms with Crippen LogP contribution in [0.25, 0.3) is 0 Å². The van der Waals surface area contributed by atoms with Crippen LogP contribution in [0.5, 0.6) is 11.5 Å². The Morgan fingerprint density at radius 3 is 1.86 bits per heavy atom. The molecule has 2 nitrogen and oxygen atoms in total. The fraction of sp³-hybridized carbons (Fsp3) is 0.700. The first kappa shape index (κ1) is 18.9. The summed E-state index contributed by atoms with van der Waals surface area (Å²) in [6, 6.07) is 4.89. The first-order valence-corrected chi connectivity index (χ1v) is 9.10. The maximum absolute atomic E-state index is 9.71. The number of phenols is 2. The Labute approximate surface area is 136 Å². The summed E-state index contributed by atoms with van der Waals surface area (Å²) in [4.78, 5) is 0. The van der Waals surface area contributed by atoms with Gasteiger partial charge in [-0.2, -0.15) is 0 Å². The van der Waals surface area contributed by atoms with Gasteiger partial charge in [-0.1, -0.05) is 77.7 Å². The average molecular weight is 306 g/mol. The number of benzene rings is 1. The van der Waals surface area contributed by atoms with E-state index in [1.807, 2.05) is 6.07 Å². The summed E-state index contributed by atoms with van der Waals surface area (Å²) in [5.41, 5.74) is 0.947. The van der Waals surface area contributed by atoms with Crippen molar-refractivity contribution in [2.24, 2.45) is 5.92 Å². The Hall–Kier alpha value is -1.18. The summed E-state index contributed by atoms with van der Waals surface area (Å²) >= 11 is 0. The van der Waals surface area contributed by atoms with Crippen molar-refractivity contribution in [3.8, 4) is 11.5 Å². The van der Waals surface area contributed by atoms with E-state index in [2.05, 4.69) is 13.8 Å². The highest BCUT2D eigenvalue weighted by molar-refractivity contribution is 5.38. The first-order valence-electron chi connectivity index (χ1n) is 9.10. The normalized spacial score (nSPS) is 11.2. The molecule has 1 rings (SSSR count). The molecule has 1 aromatic rings. The average Bonchev–Trinajstić information content (AvgIpc) is 2.46. The highest BCUT2D eigenvalue weighted by Crippen LogP contribution is 2.24. The molecule has 0 radical (unpaired) electrons. The molecule has 0 fully saturated rings. The van der Waals surface area contributed by atoms with Crippen LogP contribution in [-0.4, -0.2) is 10.2 Å². The molecule has 0 aliphatic rings. The number of aryl methyl sites for hydroxylation is 1. The molecule has 0 saturated carbocycles. The van der Waals surface area contributed by atoms with E-state index in [4.69, 9.17) is 0 Å². The molecule has 0 spiro atoms. The molecule has 2 heteroatoms. The Morgan fingerprint density at radius 2 is 1.32 bits per heavy atom. The van der Waals surface area contributed by atoms with Crippen LogP contribution in [-0.2, 0) is 6.42 Å². The monoisotopic (exact) mass is 306 g/mol. The largest absolute Gasteiger partial charge is 0.508 e. The van der Waals surface area contributed by atoms with E-state index < -0.39 is 0 Å². The molecule has 0 atom stereocenters. The Bertz CT molecular complexity index is 399. The van der Waals surface area contributed by atoms with Gasteiger partial charge in [-0.3, -0.25) is 0 Å². The standard InChI is InChI=1S/C20H34O2/c1-17(2)12-10-8-6-4-3-5-7-9-11-13-18-14-15-19(21)16-20(18)22/h14-17,21-22H,3-13H2,1-2H3. The number of unbranched alkanes of at least 4 members (excludes halogenated alkanes) is 8. The number of rotatable bonds is 12. The minimum absolute atomic E-state index is 0.134. The van der Waals surface area contributed by atoms with Crippen LogP contribution in [0.1, 0.15) is 83.6 Å². The molecular formula is C20H34O2. The van der Waals surface area contributed by atoms with Crippen molar-refractivity contribution in [2.75, 3.05) is 0 Å². The zero-order valence-corrected chi connectivity index (χ0v) is 14.5. The number of aromatic hydroxyl groups is 2. The van der Waals surface area contributed by atoms with Gasteiger partial charge in [-0.05, 0) is 30.4 Å². The molecule has 0 unspecified atom stereocenters. The van der Waals surface area contributed by atoms with Crippen LogP contribution < -0.4 is 0 Å². The van der Waals surface area contributed by atoms with E-state index in [9.17, 15) is 10.2 Å². The van der Waals surface area contributed by atoms with Crippen LogP contribution in [0.3, 0.4) is 0 Å². The third-order valence-electron chi connectivity index (χ3n) is 4.30. The van der Waals surface area contributed by atoms with Gasteiger partial charge in [0.1, 0.15) is 11.5 Å². The van der Waals surface area contributed by atoms with E-state index in [1.54, 1.807) is 6.07 Å². The van der Waals surface area contributed by atoms with Crippen LogP contribution >= 0.6 is 0 Å². The first-order chi connectivity index (χ1) is 10.6. The molecule has 0 aliphatic heterocycles. The summed E-state index contributed by atoms with van der Waals surface area (Å²) in [6.07, 6.45) is 14.2. The zero-order chi connectivity index (χ0) is 16.2. The molecule has 0 aliphatic carbocycles. The van der Waals surface area contributed by atoms with Gasteiger partial charge in [0.25, 0.3) is 0 Å². The Balaban J connectivity index is 1.91. The quantitative estimate of drug-likeness (QED) is 0.451. The van der Waals surface area contributed by atoms with Gasteiger partial charge in [0.05, 0.1) is 0 Å². The van der Waals surface area contributed by atoms with E-state index in [0.29, 0.717) is 0 Å². The SMILES string of the molecule is CC(C)CCCCCCCCCCCc1ccc(O)cc1O. The lowest BCUT2D eigenvalue weighted by atomic mass is 10.0. The summed E-state index contributed by atoms with van der Waals surface area (Å²) < 4.78 is 0. The molecule has 0 heterocycles. The minimum atomic E-state index is 0.134. The van der Waals surface area contributed by atoms with Crippen molar-refractivity contribution in [3.63, 3.8) is 0 Å². The highest BCUT2D eigenvalue weighted by Gasteiger charge is 2.02. The number of hydrogen-bond acceptors (Lipinski definition) is 2. The van der Waals surface area contributed by atoms with Crippen LogP contribution in [0.4, 0.5) is 0 Å². The summed E-state index contributed by atoms with van der Waals surface area (Å²) in [5, 5.41) is 19.0. The van der Waals surface area contributed by atoms with Gasteiger partial charge in [-0.15, -0.1) is 0 Å². The predicted octanol–water partition coefficient (Wildman–Crippen LogP) is 6.20. The van der Waals surface area contributed by atoms with Gasteiger partial charge in [-0.25, -0.2) is 0 Å². The van der Waals surface area contributed by atoms with Crippen LogP contribution in [0.2, 0.25) is 0 Å². The molecule has 2 N–H and O–H groups in total. The maximum Gasteiger partial charge on any atom is 0.122 e. The summed E-state index contributed by atoms with van der Waals surface area (Å²) in [7, 11) is 0. The fourth-order valence-corrected chi connectivity index (χ4v) is 2.87. The molecule has 0 saturated heterocycles. The Morgan fingerprint density at radius 1 is 0.773 bits per heavy atom. The fourth-order valence-electron chi connectivity index (χ4n) is 2.87. The smallest absolute Gasteiger partial charge is 0.122 e. The maximum atomic E-state index is 9.71. The lowest BCUT2D eigenvalue weighted by Gasteiger charge is -2.06. The second-order valence-electron chi connectivity index (χ2n) is 6.93. The molecule has 0 bridgehead atoms. The van der Waals surface area contributed by atoms with Crippen molar-refractivity contribution < 1.29 is 10.2 Å². The third-order valence-corrected chi connectivity index (χ3v) is 4.30. The lowest BCUT2D eigenvalue weighted by molar-refractivity contribution is 0.444. The van der Waals surface area contributed by atoms with E-state index in [1.165, 1.54) is 63.9 Å².